The molecule has 0 amide bonds. The van der Waals surface area contributed by atoms with Crippen LogP contribution in [0.1, 0.15) is 16.8 Å². The molecule has 4 heteroatoms. The van der Waals surface area contributed by atoms with Crippen LogP contribution >= 0.6 is 0 Å². The van der Waals surface area contributed by atoms with Crippen LogP contribution in [0, 0.1) is 13.8 Å². The van der Waals surface area contributed by atoms with Crippen molar-refractivity contribution in [2.75, 3.05) is 0 Å². The summed E-state index contributed by atoms with van der Waals surface area (Å²) in [5.41, 5.74) is 2.79. The van der Waals surface area contributed by atoms with Gasteiger partial charge in [-0.1, -0.05) is 0 Å². The summed E-state index contributed by atoms with van der Waals surface area (Å²) in [6.07, 6.45) is 3.51. The number of rotatable bonds is 2. The lowest BCUT2D eigenvalue weighted by atomic mass is 10.1. The minimum atomic E-state index is -0.0195. The average molecular weight is 203 g/mol. The van der Waals surface area contributed by atoms with Crippen molar-refractivity contribution >= 4 is 0 Å². The van der Waals surface area contributed by atoms with E-state index in [1.165, 1.54) is 0 Å². The molecule has 2 aromatic rings. The molecule has 15 heavy (non-hydrogen) atoms. The zero-order valence-electron chi connectivity index (χ0n) is 8.81. The number of aliphatic hydroxyl groups is 1. The molecule has 0 atom stereocenters. The second-order valence-electron chi connectivity index (χ2n) is 3.49. The summed E-state index contributed by atoms with van der Waals surface area (Å²) in [5.74, 6) is 0.708. The third-order valence-corrected chi connectivity index (χ3v) is 2.33. The Morgan fingerprint density at radius 3 is 2.80 bits per heavy atom. The third-order valence-electron chi connectivity index (χ3n) is 2.33. The predicted octanol–water partition coefficient (Wildman–Crippen LogP) is 1.38. The van der Waals surface area contributed by atoms with Gasteiger partial charge in [0.05, 0.1) is 6.61 Å². The van der Waals surface area contributed by atoms with Gasteiger partial charge in [0, 0.05) is 23.7 Å². The predicted molar refractivity (Wildman–Crippen MR) is 56.8 cm³/mol. The summed E-state index contributed by atoms with van der Waals surface area (Å²) in [7, 11) is 0. The largest absolute Gasteiger partial charge is 0.392 e. The summed E-state index contributed by atoms with van der Waals surface area (Å²) in [6.45, 7) is 3.88. The molecule has 0 aliphatic rings. The first-order chi connectivity index (χ1) is 7.22. The molecule has 2 aromatic heterocycles. The molecule has 1 N–H and O–H groups in total. The second-order valence-corrected chi connectivity index (χ2v) is 3.49. The smallest absolute Gasteiger partial charge is 0.159 e. The maximum Gasteiger partial charge on any atom is 0.159 e. The van der Waals surface area contributed by atoms with Gasteiger partial charge in [-0.25, -0.2) is 9.67 Å². The van der Waals surface area contributed by atoms with Crippen LogP contribution in [-0.2, 0) is 6.61 Å². The Hall–Kier alpha value is -1.68. The van der Waals surface area contributed by atoms with Gasteiger partial charge < -0.3 is 5.11 Å². The lowest BCUT2D eigenvalue weighted by Gasteiger charge is -2.10. The van der Waals surface area contributed by atoms with Crippen molar-refractivity contribution in [1.29, 1.82) is 0 Å². The summed E-state index contributed by atoms with van der Waals surface area (Å²) in [4.78, 5) is 4.39. The molecular weight excluding hydrogens is 190 g/mol. The standard InChI is InChI=1S/C11H13N3O/c1-8-6-9(2)13-11(10(8)7-15)14-5-3-4-12-14/h3-6,15H,7H2,1-2H3. The van der Waals surface area contributed by atoms with Crippen LogP contribution in [0.5, 0.6) is 0 Å². The van der Waals surface area contributed by atoms with Crippen LogP contribution in [0.4, 0.5) is 0 Å². The Labute approximate surface area is 88.2 Å². The van der Waals surface area contributed by atoms with Gasteiger partial charge in [0.2, 0.25) is 0 Å². The fourth-order valence-corrected chi connectivity index (χ4v) is 1.62. The van der Waals surface area contributed by atoms with Gasteiger partial charge in [-0.05, 0) is 31.5 Å². The van der Waals surface area contributed by atoms with E-state index in [4.69, 9.17) is 0 Å². The quantitative estimate of drug-likeness (QED) is 0.802. The Balaban J connectivity index is 2.64. The molecule has 0 saturated carbocycles. The fraction of sp³-hybridized carbons (Fsp3) is 0.273. The van der Waals surface area contributed by atoms with Crippen molar-refractivity contribution in [2.45, 2.75) is 20.5 Å². The molecule has 0 fully saturated rings. The molecule has 0 saturated heterocycles. The normalized spacial score (nSPS) is 10.6. The number of hydrogen-bond acceptors (Lipinski definition) is 3. The number of aryl methyl sites for hydroxylation is 2. The topological polar surface area (TPSA) is 50.9 Å². The summed E-state index contributed by atoms with van der Waals surface area (Å²) < 4.78 is 1.67. The van der Waals surface area contributed by atoms with Gasteiger partial charge >= 0.3 is 0 Å². The zero-order valence-corrected chi connectivity index (χ0v) is 8.81. The molecule has 78 valence electrons. The molecule has 2 heterocycles. The van der Waals surface area contributed by atoms with E-state index in [0.29, 0.717) is 5.82 Å². The fourth-order valence-electron chi connectivity index (χ4n) is 1.62. The molecule has 0 aromatic carbocycles. The van der Waals surface area contributed by atoms with Crippen LogP contribution in [0.3, 0.4) is 0 Å². The van der Waals surface area contributed by atoms with Gasteiger partial charge in [-0.3, -0.25) is 0 Å². The maximum atomic E-state index is 9.31. The van der Waals surface area contributed by atoms with E-state index < -0.39 is 0 Å². The van der Waals surface area contributed by atoms with Crippen molar-refractivity contribution < 1.29 is 5.11 Å². The lowest BCUT2D eigenvalue weighted by molar-refractivity contribution is 0.280. The van der Waals surface area contributed by atoms with Crippen molar-refractivity contribution in [2.24, 2.45) is 0 Å². The van der Waals surface area contributed by atoms with Crippen molar-refractivity contribution in [3.05, 3.63) is 41.3 Å². The number of aromatic nitrogens is 3. The van der Waals surface area contributed by atoms with Crippen LogP contribution < -0.4 is 0 Å². The van der Waals surface area contributed by atoms with E-state index >= 15 is 0 Å². The van der Waals surface area contributed by atoms with E-state index in [2.05, 4.69) is 10.1 Å². The zero-order chi connectivity index (χ0) is 10.8. The van der Waals surface area contributed by atoms with Gasteiger partial charge in [-0.2, -0.15) is 5.10 Å². The molecule has 0 aliphatic heterocycles. The van der Waals surface area contributed by atoms with Crippen molar-refractivity contribution in [3.63, 3.8) is 0 Å². The van der Waals surface area contributed by atoms with Gasteiger partial charge in [-0.15, -0.1) is 0 Å². The van der Waals surface area contributed by atoms with Crippen molar-refractivity contribution in [3.8, 4) is 5.82 Å². The molecule has 0 bridgehead atoms. The lowest BCUT2D eigenvalue weighted by Crippen LogP contribution is -2.06. The van der Waals surface area contributed by atoms with Crippen LogP contribution in [0.15, 0.2) is 24.5 Å². The maximum absolute atomic E-state index is 9.31. The molecule has 0 spiro atoms. The first kappa shape index (κ1) is 9.86. The van der Waals surface area contributed by atoms with Crippen molar-refractivity contribution in [1.82, 2.24) is 14.8 Å². The minimum absolute atomic E-state index is 0.0195. The Morgan fingerprint density at radius 2 is 2.20 bits per heavy atom. The van der Waals surface area contributed by atoms with E-state index in [1.54, 1.807) is 10.9 Å². The second kappa shape index (κ2) is 3.82. The molecule has 2 rings (SSSR count). The first-order valence-corrected chi connectivity index (χ1v) is 4.80. The molecular formula is C11H13N3O. The van der Waals surface area contributed by atoms with Crippen LogP contribution in [-0.4, -0.2) is 19.9 Å². The van der Waals surface area contributed by atoms with Gasteiger partial charge in [0.1, 0.15) is 0 Å². The number of pyridine rings is 1. The van der Waals surface area contributed by atoms with E-state index in [-0.39, 0.29) is 6.61 Å². The molecule has 0 radical (unpaired) electrons. The number of nitrogens with zero attached hydrogens (tertiary/aromatic N) is 3. The highest BCUT2D eigenvalue weighted by Gasteiger charge is 2.09. The summed E-state index contributed by atoms with van der Waals surface area (Å²) >= 11 is 0. The third kappa shape index (κ3) is 1.76. The Morgan fingerprint density at radius 1 is 1.40 bits per heavy atom. The van der Waals surface area contributed by atoms with Crippen LogP contribution in [0.2, 0.25) is 0 Å². The van der Waals surface area contributed by atoms with Gasteiger partial charge in [0.25, 0.3) is 0 Å². The van der Waals surface area contributed by atoms with E-state index in [1.807, 2.05) is 32.2 Å². The highest BCUT2D eigenvalue weighted by atomic mass is 16.3. The SMILES string of the molecule is Cc1cc(C)c(CO)c(-n2cccn2)n1. The summed E-state index contributed by atoms with van der Waals surface area (Å²) in [6, 6.07) is 3.79. The van der Waals surface area contributed by atoms with E-state index in [9.17, 15) is 5.11 Å². The van der Waals surface area contributed by atoms with E-state index in [0.717, 1.165) is 16.8 Å². The van der Waals surface area contributed by atoms with Crippen LogP contribution in [0.25, 0.3) is 5.82 Å². The molecule has 4 nitrogen and oxygen atoms in total. The first-order valence-electron chi connectivity index (χ1n) is 4.80. The number of hydrogen-bond donors (Lipinski definition) is 1. The Kier molecular flexibility index (Phi) is 2.51. The average Bonchev–Trinajstić information content (AvgIpc) is 2.69. The highest BCUT2D eigenvalue weighted by Crippen LogP contribution is 2.16. The monoisotopic (exact) mass is 203 g/mol. The number of aliphatic hydroxyl groups excluding tert-OH is 1. The summed E-state index contributed by atoms with van der Waals surface area (Å²) in [5, 5.41) is 13.4. The minimum Gasteiger partial charge on any atom is -0.392 e. The molecule has 0 unspecified atom stereocenters. The van der Waals surface area contributed by atoms with Gasteiger partial charge in [0.15, 0.2) is 5.82 Å². The Bertz CT molecular complexity index is 463. The molecule has 0 aliphatic carbocycles. The highest BCUT2D eigenvalue weighted by molar-refractivity contribution is 5.40.